The summed E-state index contributed by atoms with van der Waals surface area (Å²) in [7, 11) is -3.08. The summed E-state index contributed by atoms with van der Waals surface area (Å²) in [6, 6.07) is 5.11. The van der Waals surface area contributed by atoms with Gasteiger partial charge in [0.25, 0.3) is 5.91 Å². The lowest BCUT2D eigenvalue weighted by molar-refractivity contribution is 0.0941. The van der Waals surface area contributed by atoms with Crippen LogP contribution in [0.3, 0.4) is 0 Å². The second-order valence-electron chi connectivity index (χ2n) is 7.59. The summed E-state index contributed by atoms with van der Waals surface area (Å²) in [5, 5.41) is 2.88. The summed E-state index contributed by atoms with van der Waals surface area (Å²) >= 11 is 0. The maximum absolute atomic E-state index is 13.0. The number of carbonyl (C=O) groups is 1. The van der Waals surface area contributed by atoms with Crippen molar-refractivity contribution in [3.05, 3.63) is 36.0 Å². The fraction of sp³-hybridized carbons (Fsp3) is 0.476. The number of fused-ring (bicyclic) bond motifs is 1. The summed E-state index contributed by atoms with van der Waals surface area (Å²) in [5.41, 5.74) is 1.84. The zero-order valence-electron chi connectivity index (χ0n) is 17.6. The Morgan fingerprint density at radius 3 is 2.90 bits per heavy atom. The first-order chi connectivity index (χ1) is 14.9. The van der Waals surface area contributed by atoms with Gasteiger partial charge in [-0.1, -0.05) is 0 Å². The highest BCUT2D eigenvalue weighted by atomic mass is 32.2. The van der Waals surface area contributed by atoms with Gasteiger partial charge in [0, 0.05) is 19.8 Å². The summed E-state index contributed by atoms with van der Waals surface area (Å²) in [4.78, 5) is 22.1. The Labute approximate surface area is 180 Å². The van der Waals surface area contributed by atoms with E-state index in [0.717, 1.165) is 0 Å². The van der Waals surface area contributed by atoms with E-state index in [9.17, 15) is 13.2 Å². The Balaban J connectivity index is 1.74. The van der Waals surface area contributed by atoms with Crippen LogP contribution in [0.5, 0.6) is 0 Å². The number of furan rings is 1. The Bertz CT molecular complexity index is 1180. The molecule has 1 atom stereocenters. The fourth-order valence-corrected chi connectivity index (χ4v) is 5.66. The number of pyridine rings is 1. The number of amides is 1. The first kappa shape index (κ1) is 21.5. The SMILES string of the molecule is CCOCCCNC(=O)c1nc(-c2ccco2)cc2c1nc(C)n2C1CCS(=O)(=O)C1. The van der Waals surface area contributed by atoms with E-state index in [-0.39, 0.29) is 29.1 Å². The topological polar surface area (TPSA) is 116 Å². The Morgan fingerprint density at radius 1 is 1.39 bits per heavy atom. The lowest BCUT2D eigenvalue weighted by Gasteiger charge is -2.14. The van der Waals surface area contributed by atoms with Crippen LogP contribution in [0.25, 0.3) is 22.5 Å². The number of hydrogen-bond acceptors (Lipinski definition) is 7. The van der Waals surface area contributed by atoms with Gasteiger partial charge in [-0.3, -0.25) is 4.79 Å². The molecule has 3 aromatic rings. The van der Waals surface area contributed by atoms with Gasteiger partial charge in [-0.15, -0.1) is 0 Å². The molecule has 0 spiro atoms. The quantitative estimate of drug-likeness (QED) is 0.529. The lowest BCUT2D eigenvalue weighted by atomic mass is 10.2. The van der Waals surface area contributed by atoms with Gasteiger partial charge < -0.3 is 19.0 Å². The molecule has 0 aliphatic carbocycles. The van der Waals surface area contributed by atoms with Crippen LogP contribution in [0.1, 0.15) is 42.1 Å². The van der Waals surface area contributed by atoms with Crippen LogP contribution in [-0.2, 0) is 14.6 Å². The van der Waals surface area contributed by atoms with Crippen LogP contribution in [0.15, 0.2) is 28.9 Å². The number of nitrogens with zero attached hydrogens (tertiary/aromatic N) is 3. The highest BCUT2D eigenvalue weighted by Gasteiger charge is 2.32. The number of hydrogen-bond donors (Lipinski definition) is 1. The molecule has 1 unspecified atom stereocenters. The highest BCUT2D eigenvalue weighted by molar-refractivity contribution is 7.91. The van der Waals surface area contributed by atoms with Crippen molar-refractivity contribution in [2.24, 2.45) is 0 Å². The van der Waals surface area contributed by atoms with E-state index in [4.69, 9.17) is 9.15 Å². The Morgan fingerprint density at radius 2 is 2.23 bits per heavy atom. The van der Waals surface area contributed by atoms with E-state index in [0.29, 0.717) is 60.9 Å². The van der Waals surface area contributed by atoms with Gasteiger partial charge in [-0.05, 0) is 44.9 Å². The van der Waals surface area contributed by atoms with E-state index < -0.39 is 9.84 Å². The molecule has 4 heterocycles. The van der Waals surface area contributed by atoms with E-state index >= 15 is 0 Å². The van der Waals surface area contributed by atoms with Crippen molar-refractivity contribution in [1.29, 1.82) is 0 Å². The first-order valence-corrected chi connectivity index (χ1v) is 12.2. The zero-order valence-corrected chi connectivity index (χ0v) is 18.4. The maximum Gasteiger partial charge on any atom is 0.272 e. The van der Waals surface area contributed by atoms with Crippen molar-refractivity contribution >= 4 is 26.8 Å². The highest BCUT2D eigenvalue weighted by Crippen LogP contribution is 2.32. The molecule has 1 amide bonds. The van der Waals surface area contributed by atoms with Crippen molar-refractivity contribution in [3.63, 3.8) is 0 Å². The number of aromatic nitrogens is 3. The van der Waals surface area contributed by atoms with Crippen molar-refractivity contribution in [1.82, 2.24) is 19.9 Å². The minimum atomic E-state index is -3.08. The second-order valence-corrected chi connectivity index (χ2v) is 9.82. The molecule has 0 aromatic carbocycles. The molecule has 1 aliphatic heterocycles. The van der Waals surface area contributed by atoms with Crippen LogP contribution in [-0.4, -0.2) is 60.1 Å². The third-order valence-electron chi connectivity index (χ3n) is 5.37. The second kappa shape index (κ2) is 8.80. The van der Waals surface area contributed by atoms with Crippen molar-refractivity contribution < 1.29 is 22.4 Å². The molecule has 10 heteroatoms. The molecule has 1 saturated heterocycles. The molecule has 4 rings (SSSR count). The van der Waals surface area contributed by atoms with Crippen LogP contribution >= 0.6 is 0 Å². The van der Waals surface area contributed by atoms with E-state index in [1.165, 1.54) is 0 Å². The molecule has 1 aliphatic rings. The zero-order chi connectivity index (χ0) is 22.0. The predicted molar refractivity (Wildman–Crippen MR) is 116 cm³/mol. The number of carbonyl (C=O) groups excluding carboxylic acids is 1. The molecule has 9 nitrogen and oxygen atoms in total. The molecular weight excluding hydrogens is 420 g/mol. The number of sulfone groups is 1. The van der Waals surface area contributed by atoms with Crippen LogP contribution in [0, 0.1) is 6.92 Å². The smallest absolute Gasteiger partial charge is 0.272 e. The molecular formula is C21H26N4O5S. The predicted octanol–water partition coefficient (Wildman–Crippen LogP) is 2.52. The van der Waals surface area contributed by atoms with Crippen molar-refractivity contribution in [2.75, 3.05) is 31.3 Å². The monoisotopic (exact) mass is 446 g/mol. The number of aryl methyl sites for hydroxylation is 1. The number of rotatable bonds is 8. The minimum absolute atomic E-state index is 0.0661. The Kier molecular flexibility index (Phi) is 6.10. The summed E-state index contributed by atoms with van der Waals surface area (Å²) in [5.74, 6) is 1.06. The Hall–Kier alpha value is -2.72. The van der Waals surface area contributed by atoms with Crippen LogP contribution in [0.4, 0.5) is 0 Å². The third-order valence-corrected chi connectivity index (χ3v) is 7.12. The average Bonchev–Trinajstić information content (AvgIpc) is 3.45. The van der Waals surface area contributed by atoms with Crippen LogP contribution < -0.4 is 5.32 Å². The maximum atomic E-state index is 13.0. The average molecular weight is 447 g/mol. The molecule has 0 saturated carbocycles. The minimum Gasteiger partial charge on any atom is -0.463 e. The fourth-order valence-electron chi connectivity index (χ4n) is 3.96. The summed E-state index contributed by atoms with van der Waals surface area (Å²) in [6.45, 7) is 5.40. The van der Waals surface area contributed by atoms with Gasteiger partial charge in [0.05, 0.1) is 29.3 Å². The first-order valence-electron chi connectivity index (χ1n) is 10.4. The molecule has 31 heavy (non-hydrogen) atoms. The third kappa shape index (κ3) is 4.49. The van der Waals surface area contributed by atoms with Crippen LogP contribution in [0.2, 0.25) is 0 Å². The number of ether oxygens (including phenoxy) is 1. The van der Waals surface area contributed by atoms with Gasteiger partial charge in [0.2, 0.25) is 0 Å². The molecule has 0 bridgehead atoms. The summed E-state index contributed by atoms with van der Waals surface area (Å²) < 4.78 is 36.9. The number of imidazole rings is 1. The van der Waals surface area contributed by atoms with Crippen molar-refractivity contribution in [2.45, 2.75) is 32.7 Å². The summed E-state index contributed by atoms with van der Waals surface area (Å²) in [6.07, 6.45) is 2.75. The van der Waals surface area contributed by atoms with Gasteiger partial charge in [0.15, 0.2) is 21.3 Å². The van der Waals surface area contributed by atoms with Gasteiger partial charge in [-0.2, -0.15) is 0 Å². The standard InChI is InChI=1S/C21H26N4O5S/c1-3-29-9-5-8-22-21(26)20-19-17(12-16(24-20)18-6-4-10-30-18)25(14(2)23-19)15-7-11-31(27,28)13-15/h4,6,10,12,15H,3,5,7-9,11,13H2,1-2H3,(H,22,26). The van der Waals surface area contributed by atoms with Gasteiger partial charge in [-0.25, -0.2) is 18.4 Å². The molecule has 3 aromatic heterocycles. The molecule has 0 radical (unpaired) electrons. The number of nitrogens with one attached hydrogen (secondary N) is 1. The normalized spacial score (nSPS) is 17.9. The van der Waals surface area contributed by atoms with E-state index in [1.54, 1.807) is 18.4 Å². The van der Waals surface area contributed by atoms with Gasteiger partial charge >= 0.3 is 0 Å². The van der Waals surface area contributed by atoms with Crippen molar-refractivity contribution in [3.8, 4) is 11.5 Å². The lowest BCUT2D eigenvalue weighted by Crippen LogP contribution is -2.26. The van der Waals surface area contributed by atoms with E-state index in [2.05, 4.69) is 15.3 Å². The molecule has 1 N–H and O–H groups in total. The van der Waals surface area contributed by atoms with Gasteiger partial charge in [0.1, 0.15) is 17.0 Å². The van der Waals surface area contributed by atoms with E-state index in [1.807, 2.05) is 24.5 Å². The molecule has 1 fully saturated rings. The molecule has 166 valence electrons. The largest absolute Gasteiger partial charge is 0.463 e.